The van der Waals surface area contributed by atoms with E-state index in [2.05, 4.69) is 5.32 Å². The largest absolute Gasteiger partial charge is 0.497 e. The summed E-state index contributed by atoms with van der Waals surface area (Å²) in [6.45, 7) is 3.40. The van der Waals surface area contributed by atoms with Crippen LogP contribution in [0.25, 0.3) is 0 Å². The van der Waals surface area contributed by atoms with Gasteiger partial charge in [0.1, 0.15) is 5.75 Å². The fourth-order valence-electron chi connectivity index (χ4n) is 2.27. The van der Waals surface area contributed by atoms with Gasteiger partial charge in [0.25, 0.3) is 0 Å². The van der Waals surface area contributed by atoms with Crippen molar-refractivity contribution in [3.63, 3.8) is 0 Å². The van der Waals surface area contributed by atoms with Crippen LogP contribution in [0, 0.1) is 0 Å². The first-order chi connectivity index (χ1) is 11.5. The summed E-state index contributed by atoms with van der Waals surface area (Å²) in [7, 11) is 1.62. The van der Waals surface area contributed by atoms with E-state index in [0.29, 0.717) is 11.3 Å². The number of nitrogens with one attached hydrogen (secondary N) is 1. The van der Waals surface area contributed by atoms with Crippen LogP contribution >= 0.6 is 11.8 Å². The van der Waals surface area contributed by atoms with Crippen molar-refractivity contribution in [3.8, 4) is 5.75 Å². The maximum Gasteiger partial charge on any atom is 0.217 e. The number of thioether (sulfide) groups is 1. The minimum absolute atomic E-state index is 0.0709. The molecule has 0 aromatic heterocycles. The summed E-state index contributed by atoms with van der Waals surface area (Å²) in [4.78, 5) is 24.4. The Balaban J connectivity index is 1.96. The molecule has 0 heterocycles. The number of carbonyl (C=O) groups is 2. The van der Waals surface area contributed by atoms with E-state index in [-0.39, 0.29) is 17.7 Å². The third-order valence-electron chi connectivity index (χ3n) is 3.56. The van der Waals surface area contributed by atoms with Gasteiger partial charge in [-0.25, -0.2) is 0 Å². The number of carbonyl (C=O) groups excluding carboxylic acids is 2. The molecule has 0 saturated heterocycles. The molecule has 2 aromatic rings. The standard InChI is InChI=1S/C19H21NO3S/c1-13(20-14(2)21)15-7-9-16(10-8-15)19(22)12-24-18-6-4-5-17(11-18)23-3/h4-11,13H,12H2,1-3H3,(H,20,21). The monoisotopic (exact) mass is 343 g/mol. The molecule has 126 valence electrons. The number of ether oxygens (including phenoxy) is 1. The Morgan fingerprint density at radius 3 is 2.50 bits per heavy atom. The van der Waals surface area contributed by atoms with Crippen LogP contribution in [0.3, 0.4) is 0 Å². The maximum atomic E-state index is 12.3. The molecule has 0 aliphatic rings. The van der Waals surface area contributed by atoms with Crippen molar-refractivity contribution >= 4 is 23.5 Å². The summed E-state index contributed by atoms with van der Waals surface area (Å²) < 4.78 is 5.18. The normalized spacial score (nSPS) is 11.6. The lowest BCUT2D eigenvalue weighted by Gasteiger charge is -2.13. The minimum Gasteiger partial charge on any atom is -0.497 e. The van der Waals surface area contributed by atoms with Gasteiger partial charge in [-0.1, -0.05) is 30.3 Å². The number of rotatable bonds is 7. The average Bonchev–Trinajstić information content (AvgIpc) is 2.59. The van der Waals surface area contributed by atoms with Crippen molar-refractivity contribution in [3.05, 3.63) is 59.7 Å². The van der Waals surface area contributed by atoms with Gasteiger partial charge in [-0.05, 0) is 30.7 Å². The van der Waals surface area contributed by atoms with E-state index in [9.17, 15) is 9.59 Å². The number of Topliss-reactive ketones (excluding diaryl/α,β-unsaturated/α-hetero) is 1. The first-order valence-electron chi connectivity index (χ1n) is 7.66. The van der Waals surface area contributed by atoms with Gasteiger partial charge in [0.05, 0.1) is 18.9 Å². The van der Waals surface area contributed by atoms with E-state index in [1.165, 1.54) is 18.7 Å². The van der Waals surface area contributed by atoms with E-state index in [1.54, 1.807) is 7.11 Å². The minimum atomic E-state index is -0.0719. The number of methoxy groups -OCH3 is 1. The van der Waals surface area contributed by atoms with E-state index >= 15 is 0 Å². The highest BCUT2D eigenvalue weighted by Gasteiger charge is 2.10. The fourth-order valence-corrected chi connectivity index (χ4v) is 3.11. The summed E-state index contributed by atoms with van der Waals surface area (Å²) in [5, 5.41) is 2.83. The first kappa shape index (κ1) is 18.1. The Hall–Kier alpha value is -2.27. The van der Waals surface area contributed by atoms with E-state index in [4.69, 9.17) is 4.74 Å². The van der Waals surface area contributed by atoms with Crippen LogP contribution in [-0.2, 0) is 4.79 Å². The molecule has 0 aliphatic heterocycles. The number of benzene rings is 2. The molecule has 0 bridgehead atoms. The van der Waals surface area contributed by atoms with Crippen LogP contribution in [0.5, 0.6) is 5.75 Å². The Bertz CT molecular complexity index is 713. The van der Waals surface area contributed by atoms with Gasteiger partial charge in [0, 0.05) is 17.4 Å². The predicted molar refractivity (Wildman–Crippen MR) is 96.7 cm³/mol. The molecule has 0 fully saturated rings. The van der Waals surface area contributed by atoms with Crippen LogP contribution in [0.1, 0.15) is 35.8 Å². The van der Waals surface area contributed by atoms with Crippen molar-refractivity contribution in [2.24, 2.45) is 0 Å². The SMILES string of the molecule is COc1cccc(SCC(=O)c2ccc(C(C)NC(C)=O)cc2)c1. The average molecular weight is 343 g/mol. The molecular weight excluding hydrogens is 322 g/mol. The molecule has 0 radical (unpaired) electrons. The Labute approximate surface area is 146 Å². The van der Waals surface area contributed by atoms with Crippen LogP contribution in [0.2, 0.25) is 0 Å². The quantitative estimate of drug-likeness (QED) is 0.612. The van der Waals surface area contributed by atoms with Crippen LogP contribution in [0.15, 0.2) is 53.4 Å². The first-order valence-corrected chi connectivity index (χ1v) is 8.65. The topological polar surface area (TPSA) is 55.4 Å². The molecule has 0 spiro atoms. The second kappa shape index (κ2) is 8.55. The summed E-state index contributed by atoms with van der Waals surface area (Å²) in [6.07, 6.45) is 0. The van der Waals surface area contributed by atoms with Crippen LogP contribution in [-0.4, -0.2) is 24.6 Å². The van der Waals surface area contributed by atoms with E-state index in [1.807, 2.05) is 55.5 Å². The lowest BCUT2D eigenvalue weighted by Crippen LogP contribution is -2.23. The van der Waals surface area contributed by atoms with Gasteiger partial charge >= 0.3 is 0 Å². The zero-order valence-corrected chi connectivity index (χ0v) is 14.9. The second-order valence-electron chi connectivity index (χ2n) is 5.44. The lowest BCUT2D eigenvalue weighted by molar-refractivity contribution is -0.119. The third-order valence-corrected chi connectivity index (χ3v) is 4.56. The van der Waals surface area contributed by atoms with Crippen molar-refractivity contribution < 1.29 is 14.3 Å². The van der Waals surface area contributed by atoms with E-state index in [0.717, 1.165) is 16.2 Å². The Kier molecular flexibility index (Phi) is 6.44. The zero-order valence-electron chi connectivity index (χ0n) is 14.0. The van der Waals surface area contributed by atoms with Crippen molar-refractivity contribution in [1.29, 1.82) is 0 Å². The van der Waals surface area contributed by atoms with Crippen molar-refractivity contribution in [2.45, 2.75) is 24.8 Å². The number of ketones is 1. The molecule has 5 heteroatoms. The van der Waals surface area contributed by atoms with Crippen LogP contribution in [0.4, 0.5) is 0 Å². The maximum absolute atomic E-state index is 12.3. The highest BCUT2D eigenvalue weighted by Crippen LogP contribution is 2.24. The second-order valence-corrected chi connectivity index (χ2v) is 6.48. The molecule has 1 unspecified atom stereocenters. The van der Waals surface area contributed by atoms with Crippen LogP contribution < -0.4 is 10.1 Å². The Morgan fingerprint density at radius 1 is 1.17 bits per heavy atom. The predicted octanol–water partition coefficient (Wildman–Crippen LogP) is 3.87. The van der Waals surface area contributed by atoms with Gasteiger partial charge in [0.15, 0.2) is 5.78 Å². The number of hydrogen-bond acceptors (Lipinski definition) is 4. The molecule has 2 aromatic carbocycles. The lowest BCUT2D eigenvalue weighted by atomic mass is 10.0. The molecule has 1 N–H and O–H groups in total. The highest BCUT2D eigenvalue weighted by molar-refractivity contribution is 8.00. The third kappa shape index (κ3) is 5.13. The summed E-state index contributed by atoms with van der Waals surface area (Å²) >= 11 is 1.49. The summed E-state index contributed by atoms with van der Waals surface area (Å²) in [5.74, 6) is 1.15. The molecule has 4 nitrogen and oxygen atoms in total. The number of amides is 1. The molecule has 0 saturated carbocycles. The number of hydrogen-bond donors (Lipinski definition) is 1. The molecular formula is C19H21NO3S. The summed E-state index contributed by atoms with van der Waals surface area (Å²) in [6, 6.07) is 15.0. The van der Waals surface area contributed by atoms with Crippen molar-refractivity contribution in [2.75, 3.05) is 12.9 Å². The van der Waals surface area contributed by atoms with E-state index < -0.39 is 0 Å². The molecule has 1 atom stereocenters. The van der Waals surface area contributed by atoms with Gasteiger partial charge in [-0.15, -0.1) is 11.8 Å². The fraction of sp³-hybridized carbons (Fsp3) is 0.263. The molecule has 2 rings (SSSR count). The highest BCUT2D eigenvalue weighted by atomic mass is 32.2. The smallest absolute Gasteiger partial charge is 0.217 e. The van der Waals surface area contributed by atoms with Gasteiger partial charge < -0.3 is 10.1 Å². The van der Waals surface area contributed by atoms with Crippen molar-refractivity contribution in [1.82, 2.24) is 5.32 Å². The summed E-state index contributed by atoms with van der Waals surface area (Å²) in [5.41, 5.74) is 1.64. The zero-order chi connectivity index (χ0) is 17.5. The Morgan fingerprint density at radius 2 is 1.88 bits per heavy atom. The van der Waals surface area contributed by atoms with Gasteiger partial charge in [-0.3, -0.25) is 9.59 Å². The molecule has 1 amide bonds. The molecule has 24 heavy (non-hydrogen) atoms. The van der Waals surface area contributed by atoms with Gasteiger partial charge in [0.2, 0.25) is 5.91 Å². The van der Waals surface area contributed by atoms with Gasteiger partial charge in [-0.2, -0.15) is 0 Å². The molecule has 0 aliphatic carbocycles.